The molecule has 1 unspecified atom stereocenters. The molecule has 42 heavy (non-hydrogen) atoms. The van der Waals surface area contributed by atoms with Crippen LogP contribution in [-0.2, 0) is 38.3 Å². The molecule has 6 N–H and O–H groups in total. The van der Waals surface area contributed by atoms with E-state index in [1.54, 1.807) is 57.2 Å². The quantitative estimate of drug-likeness (QED) is 0.0886. The van der Waals surface area contributed by atoms with E-state index in [0.717, 1.165) is 11.8 Å². The summed E-state index contributed by atoms with van der Waals surface area (Å²) in [6.45, 7) is 6.10. The fourth-order valence-electron chi connectivity index (χ4n) is 2.35. The third-order valence-electron chi connectivity index (χ3n) is 4.14. The van der Waals surface area contributed by atoms with Gasteiger partial charge in [-0.2, -0.15) is 0 Å². The highest BCUT2D eigenvalue weighted by Gasteiger charge is 2.39. The van der Waals surface area contributed by atoms with Gasteiger partial charge in [-0.05, 0) is 32.4 Å². The van der Waals surface area contributed by atoms with Crippen LogP contribution in [0.2, 0.25) is 0 Å². The Morgan fingerprint density at radius 1 is 0.762 bits per heavy atom. The van der Waals surface area contributed by atoms with E-state index in [0.29, 0.717) is 25.4 Å². The second-order valence-electron chi connectivity index (χ2n) is 7.33. The topological polar surface area (TPSA) is 246 Å². The molecule has 0 bridgehead atoms. The lowest BCUT2D eigenvalue weighted by atomic mass is 10.1. The van der Waals surface area contributed by atoms with Gasteiger partial charge in [0.05, 0.1) is 9.82 Å². The molecule has 0 fully saturated rings. The number of carbonyl (C=O) groups is 4. The largest absolute Gasteiger partial charge is 0.480 e. The highest BCUT2D eigenvalue weighted by molar-refractivity contribution is 8.01. The number of nitrogens with zero attached hydrogens (tertiary/aromatic N) is 1. The van der Waals surface area contributed by atoms with Gasteiger partial charge in [0.25, 0.3) is 5.69 Å². The smallest absolute Gasteiger partial charge is 0.339 e. The minimum absolute atomic E-state index is 0.172. The number of nitrogens with two attached hydrogens (primary N) is 1. The molecule has 0 saturated heterocycles. The second-order valence-corrected chi connectivity index (χ2v) is 8.61. The summed E-state index contributed by atoms with van der Waals surface area (Å²) >= 11 is 0.744. The van der Waals surface area contributed by atoms with Crippen molar-refractivity contribution in [2.24, 2.45) is 5.73 Å². The number of hydrogen-bond acceptors (Lipinski definition) is 11. The zero-order valence-corrected chi connectivity index (χ0v) is 24.2. The van der Waals surface area contributed by atoms with Crippen molar-refractivity contribution in [2.45, 2.75) is 30.5 Å². The molecule has 0 saturated carbocycles. The van der Waals surface area contributed by atoms with Gasteiger partial charge in [0.1, 0.15) is 19.8 Å². The zero-order valence-electron chi connectivity index (χ0n) is 23.3. The van der Waals surface area contributed by atoms with E-state index < -0.39 is 33.7 Å². The van der Waals surface area contributed by atoms with Gasteiger partial charge in [0, 0.05) is 25.9 Å². The van der Waals surface area contributed by atoms with E-state index in [2.05, 4.69) is 14.2 Å². The number of ether oxygens (including phenoxy) is 3. The van der Waals surface area contributed by atoms with Crippen LogP contribution < -0.4 is 5.73 Å². The number of aliphatic carboxylic acids is 4. The van der Waals surface area contributed by atoms with Crippen LogP contribution >= 0.6 is 11.8 Å². The zero-order chi connectivity index (χ0) is 32.6. The first-order valence-corrected chi connectivity index (χ1v) is 13.0. The Hall–Kier alpha value is -4.09. The van der Waals surface area contributed by atoms with Crippen LogP contribution in [0.3, 0.4) is 0 Å². The first kappa shape index (κ1) is 40.1. The van der Waals surface area contributed by atoms with E-state index in [-0.39, 0.29) is 30.4 Å². The molecule has 2 aromatic rings. The van der Waals surface area contributed by atoms with E-state index in [1.807, 2.05) is 0 Å². The maximum absolute atomic E-state index is 11.6. The van der Waals surface area contributed by atoms with Crippen molar-refractivity contribution in [1.29, 1.82) is 0 Å². The van der Waals surface area contributed by atoms with Crippen molar-refractivity contribution in [3.05, 3.63) is 70.3 Å². The lowest BCUT2D eigenvalue weighted by Gasteiger charge is -2.24. The molecule has 0 aliphatic rings. The molecule has 0 aliphatic heterocycles. The molecule has 1 atom stereocenters. The molecule has 0 radical (unpaired) electrons. The van der Waals surface area contributed by atoms with Gasteiger partial charge in [0.15, 0.2) is 4.87 Å². The summed E-state index contributed by atoms with van der Waals surface area (Å²) in [5, 5.41) is 44.2. The van der Waals surface area contributed by atoms with E-state index in [1.165, 1.54) is 18.2 Å². The van der Waals surface area contributed by atoms with Crippen LogP contribution in [0, 0.1) is 10.1 Å². The molecule has 0 amide bonds. The first-order chi connectivity index (χ1) is 19.8. The molecular weight excluding hydrogens is 580 g/mol. The molecule has 0 spiro atoms. The number of rotatable bonds is 14. The van der Waals surface area contributed by atoms with Gasteiger partial charge in [-0.1, -0.05) is 54.2 Å². The number of thioether (sulfide) groups is 1. The number of para-hydroxylation sites is 1. The van der Waals surface area contributed by atoms with Crippen LogP contribution in [0.5, 0.6) is 0 Å². The lowest BCUT2D eigenvalue weighted by molar-refractivity contribution is -0.387. The molecule has 234 valence electrons. The number of hydrogen-bond donors (Lipinski definition) is 5. The Kier molecular flexibility index (Phi) is 22.5. The van der Waals surface area contributed by atoms with Crippen LogP contribution in [0.15, 0.2) is 59.5 Å². The summed E-state index contributed by atoms with van der Waals surface area (Å²) in [5.74, 6) is -4.01. The Bertz CT molecular complexity index is 1060. The van der Waals surface area contributed by atoms with E-state index >= 15 is 0 Å². The average molecular weight is 617 g/mol. The molecule has 0 heterocycles. The molecular formula is C26H36N2O13S. The normalized spacial score (nSPS) is 11.0. The minimum atomic E-state index is -1.80. The number of carboxylic acids is 4. The maximum atomic E-state index is 11.6. The molecule has 2 rings (SSSR count). The summed E-state index contributed by atoms with van der Waals surface area (Å²) in [6.07, 6.45) is 0. The predicted octanol–water partition coefficient (Wildman–Crippen LogP) is 2.91. The first-order valence-electron chi connectivity index (χ1n) is 12.1. The van der Waals surface area contributed by atoms with Crippen LogP contribution in [0.1, 0.15) is 26.3 Å². The second kappa shape index (κ2) is 23.6. The number of carboxylic acid groups (broad SMARTS) is 4. The molecule has 2 aromatic carbocycles. The van der Waals surface area contributed by atoms with Gasteiger partial charge < -0.3 is 40.4 Å². The Morgan fingerprint density at radius 3 is 1.45 bits per heavy atom. The van der Waals surface area contributed by atoms with Crippen molar-refractivity contribution < 1.29 is 58.7 Å². The number of benzene rings is 2. The summed E-state index contributed by atoms with van der Waals surface area (Å²) in [5.41, 5.74) is 6.19. The molecule has 16 heteroatoms. The van der Waals surface area contributed by atoms with Gasteiger partial charge in [-0.25, -0.2) is 19.2 Å². The highest BCUT2D eigenvalue weighted by atomic mass is 32.2. The maximum Gasteiger partial charge on any atom is 0.339 e. The van der Waals surface area contributed by atoms with Gasteiger partial charge in [-0.3, -0.25) is 10.1 Å². The average Bonchev–Trinajstić information content (AvgIpc) is 2.95. The number of nitro benzene ring substituents is 1. The number of nitro groups is 1. The van der Waals surface area contributed by atoms with Crippen LogP contribution in [-0.4, -0.2) is 88.9 Å². The molecule has 0 aromatic heterocycles. The monoisotopic (exact) mass is 616 g/mol. The van der Waals surface area contributed by atoms with Gasteiger partial charge >= 0.3 is 23.9 Å². The third kappa shape index (κ3) is 19.1. The summed E-state index contributed by atoms with van der Waals surface area (Å²) in [7, 11) is 0. The van der Waals surface area contributed by atoms with Crippen molar-refractivity contribution in [3.8, 4) is 0 Å². The third-order valence-corrected chi connectivity index (χ3v) is 5.44. The van der Waals surface area contributed by atoms with Crippen molar-refractivity contribution in [3.63, 3.8) is 0 Å². The van der Waals surface area contributed by atoms with Crippen molar-refractivity contribution in [1.82, 2.24) is 0 Å². The van der Waals surface area contributed by atoms with Crippen LogP contribution in [0.4, 0.5) is 5.69 Å². The highest BCUT2D eigenvalue weighted by Crippen LogP contribution is 2.41. The van der Waals surface area contributed by atoms with Crippen LogP contribution in [0.25, 0.3) is 0 Å². The Labute approximate surface area is 246 Å². The van der Waals surface area contributed by atoms with Gasteiger partial charge in [0.2, 0.25) is 0 Å². The Balaban J connectivity index is 0. The van der Waals surface area contributed by atoms with Crippen molar-refractivity contribution in [2.75, 3.05) is 39.6 Å². The van der Waals surface area contributed by atoms with E-state index in [4.69, 9.17) is 21.1 Å². The predicted molar refractivity (Wildman–Crippen MR) is 151 cm³/mol. The molecule has 0 aliphatic carbocycles. The molecule has 15 nitrogen and oxygen atoms in total. The fraction of sp³-hybridized carbons (Fsp3) is 0.385. The summed E-state index contributed by atoms with van der Waals surface area (Å²) < 4.78 is 13.5. The minimum Gasteiger partial charge on any atom is -0.480 e. The van der Waals surface area contributed by atoms with E-state index in [9.17, 15) is 34.4 Å². The standard InChI is InChI=1S/C14H12N2O4S.3C4H8O3/c15-14(13(17)18,10-6-2-1-3-7-10)21-12-9-5-4-8-11(12)16(19)20;3*1-2-7-3-4(5)6/h1-9H,15H2,(H,17,18);3*2-3H2,1H3,(H,5,6). The SMILES string of the molecule is CCOCC(=O)O.CCOCC(=O)O.CCOCC(=O)O.NC(Sc1ccccc1[N+](=O)[O-])(C(=O)O)c1ccccc1. The van der Waals surface area contributed by atoms with Gasteiger partial charge in [-0.15, -0.1) is 0 Å². The lowest BCUT2D eigenvalue weighted by Crippen LogP contribution is -2.41. The summed E-state index contributed by atoms with van der Waals surface area (Å²) in [4.78, 5) is 49.4. The summed E-state index contributed by atoms with van der Waals surface area (Å²) in [6, 6.07) is 14.1. The fourth-order valence-corrected chi connectivity index (χ4v) is 3.43. The van der Waals surface area contributed by atoms with Crippen molar-refractivity contribution >= 4 is 41.3 Å². The Morgan fingerprint density at radius 2 is 1.14 bits per heavy atom.